The van der Waals surface area contributed by atoms with Gasteiger partial charge >= 0.3 is 11.6 Å². The van der Waals surface area contributed by atoms with Crippen LogP contribution in [0.2, 0.25) is 0 Å². The predicted octanol–water partition coefficient (Wildman–Crippen LogP) is 6.98. The van der Waals surface area contributed by atoms with E-state index >= 15 is 0 Å². The Morgan fingerprint density at radius 3 is 2.61 bits per heavy atom. The van der Waals surface area contributed by atoms with Crippen LogP contribution in [0.1, 0.15) is 111 Å². The molecule has 288 valence electrons. The molecule has 1 aromatic rings. The van der Waals surface area contributed by atoms with Crippen LogP contribution in [0.4, 0.5) is 14.6 Å². The van der Waals surface area contributed by atoms with Gasteiger partial charge in [-0.1, -0.05) is 65.5 Å². The Balaban J connectivity index is 0.918. The maximum Gasteiger partial charge on any atom is 0.351 e. The summed E-state index contributed by atoms with van der Waals surface area (Å²) in [6.45, 7) is 13.4. The summed E-state index contributed by atoms with van der Waals surface area (Å²) >= 11 is 0. The van der Waals surface area contributed by atoms with Crippen molar-refractivity contribution >= 4 is 5.82 Å². The Hall–Kier alpha value is -1.92. The first-order chi connectivity index (χ1) is 24.3. The third kappa shape index (κ3) is 7.71. The van der Waals surface area contributed by atoms with Crippen molar-refractivity contribution in [2.75, 3.05) is 38.3 Å². The van der Waals surface area contributed by atoms with Crippen LogP contribution in [0.15, 0.2) is 28.7 Å². The second kappa shape index (κ2) is 15.8. The fourth-order valence-electron chi connectivity index (χ4n) is 11.2. The Morgan fingerprint density at radius 1 is 1.08 bits per heavy atom. The second-order valence-corrected chi connectivity index (χ2v) is 17.4. The summed E-state index contributed by atoms with van der Waals surface area (Å²) in [5, 5.41) is 21.9. The number of aromatic nitrogens is 2. The molecule has 0 aromatic carbocycles. The number of hydrogen-bond donors (Lipinski definition) is 3. The van der Waals surface area contributed by atoms with E-state index in [2.05, 4.69) is 51.0 Å². The maximum atomic E-state index is 14.4. The van der Waals surface area contributed by atoms with Crippen LogP contribution < -0.4 is 11.0 Å². The summed E-state index contributed by atoms with van der Waals surface area (Å²) < 4.78 is 46.6. The van der Waals surface area contributed by atoms with Crippen LogP contribution in [-0.4, -0.2) is 77.0 Å². The lowest BCUT2D eigenvalue weighted by molar-refractivity contribution is -0.140. The highest BCUT2D eigenvalue weighted by Crippen LogP contribution is 2.67. The van der Waals surface area contributed by atoms with E-state index in [0.717, 1.165) is 54.5 Å². The number of hydrogen-bond acceptors (Lipinski definition) is 8. The van der Waals surface area contributed by atoms with Gasteiger partial charge in [-0.2, -0.15) is 13.8 Å². The number of fused-ring (bicyclic) bond motifs is 5. The molecule has 9 nitrogen and oxygen atoms in total. The van der Waals surface area contributed by atoms with Crippen molar-refractivity contribution in [2.24, 2.45) is 46.3 Å². The molecule has 4 aliphatic carbocycles. The molecule has 3 N–H and O–H groups in total. The van der Waals surface area contributed by atoms with Crippen molar-refractivity contribution in [3.05, 3.63) is 34.4 Å². The molecule has 0 bridgehead atoms. The van der Waals surface area contributed by atoms with E-state index in [0.29, 0.717) is 41.8 Å². The number of halogens is 2. The van der Waals surface area contributed by atoms with Gasteiger partial charge in [0, 0.05) is 12.7 Å². The van der Waals surface area contributed by atoms with Crippen molar-refractivity contribution < 1.29 is 33.2 Å². The summed E-state index contributed by atoms with van der Waals surface area (Å²) in [4.78, 5) is 16.3. The highest BCUT2D eigenvalue weighted by atomic mass is 19.3. The molecule has 4 fully saturated rings. The molecule has 6 rings (SSSR count). The summed E-state index contributed by atoms with van der Waals surface area (Å²) in [5.74, 6) is 1.50. The van der Waals surface area contributed by atoms with E-state index in [1.807, 2.05) is 0 Å². The van der Waals surface area contributed by atoms with Crippen LogP contribution in [0.25, 0.3) is 0 Å². The maximum absolute atomic E-state index is 14.4. The lowest BCUT2D eigenvalue weighted by Crippen LogP contribution is -2.51. The van der Waals surface area contributed by atoms with Gasteiger partial charge in [-0.05, 0) is 104 Å². The second-order valence-electron chi connectivity index (χ2n) is 17.4. The first-order valence-corrected chi connectivity index (χ1v) is 19.8. The van der Waals surface area contributed by atoms with Crippen LogP contribution in [0, 0.1) is 46.3 Å². The molecule has 5 aliphatic rings. The third-order valence-corrected chi connectivity index (χ3v) is 14.0. The number of anilines is 1. The van der Waals surface area contributed by atoms with Gasteiger partial charge in [0.1, 0.15) is 11.9 Å². The van der Waals surface area contributed by atoms with E-state index in [-0.39, 0.29) is 11.9 Å². The monoisotopic (exact) mass is 719 g/mol. The largest absolute Gasteiger partial charge is 0.394 e. The minimum Gasteiger partial charge on any atom is -0.394 e. The van der Waals surface area contributed by atoms with Gasteiger partial charge in [-0.3, -0.25) is 4.57 Å². The van der Waals surface area contributed by atoms with Gasteiger partial charge in [0.25, 0.3) is 0 Å². The Kier molecular flexibility index (Phi) is 12.0. The van der Waals surface area contributed by atoms with Gasteiger partial charge in [-0.25, -0.2) is 4.79 Å². The van der Waals surface area contributed by atoms with Gasteiger partial charge < -0.3 is 29.7 Å². The van der Waals surface area contributed by atoms with Gasteiger partial charge in [0.2, 0.25) is 6.23 Å². The number of nitrogens with zero attached hydrogens (tertiary/aromatic N) is 2. The summed E-state index contributed by atoms with van der Waals surface area (Å²) in [6.07, 6.45) is 12.5. The first kappa shape index (κ1) is 38.8. The molecule has 0 amide bonds. The molecule has 3 saturated carbocycles. The average Bonchev–Trinajstić information content (AvgIpc) is 3.56. The predicted molar refractivity (Wildman–Crippen MR) is 193 cm³/mol. The minimum absolute atomic E-state index is 0.215. The number of aliphatic hydroxyl groups excluding tert-OH is 2. The zero-order valence-electron chi connectivity index (χ0n) is 31.5. The molecule has 1 saturated heterocycles. The van der Waals surface area contributed by atoms with Crippen molar-refractivity contribution in [3.8, 4) is 0 Å². The molecule has 11 heteroatoms. The quantitative estimate of drug-likeness (QED) is 0.131. The normalized spacial score (nSPS) is 37.8. The molecular formula is C40H63F2N3O6. The van der Waals surface area contributed by atoms with E-state index in [1.54, 1.807) is 5.57 Å². The molecule has 2 heterocycles. The van der Waals surface area contributed by atoms with Crippen LogP contribution in [0.5, 0.6) is 0 Å². The third-order valence-electron chi connectivity index (χ3n) is 14.0. The average molecular weight is 720 g/mol. The van der Waals surface area contributed by atoms with Crippen LogP contribution in [-0.2, 0) is 14.2 Å². The van der Waals surface area contributed by atoms with Gasteiger partial charge in [-0.15, -0.1) is 0 Å². The number of nitrogens with one attached hydrogen (secondary N) is 1. The molecule has 51 heavy (non-hydrogen) atoms. The van der Waals surface area contributed by atoms with Crippen molar-refractivity contribution in [2.45, 2.75) is 136 Å². The Bertz CT molecular complexity index is 1420. The SMILES string of the molecule is CC(C)CCCC(C)C1CCC2C3CC=C4CC(OCCOCCNc5ccn(C6OC(CO)C(O)C6(F)F)c(=O)n5)CCC4(C)C3CCC12C. The Labute approximate surface area is 302 Å². The summed E-state index contributed by atoms with van der Waals surface area (Å²) in [7, 11) is 0. The van der Waals surface area contributed by atoms with Crippen molar-refractivity contribution in [1.82, 2.24) is 9.55 Å². The number of aliphatic hydroxyl groups is 2. The molecule has 11 atom stereocenters. The van der Waals surface area contributed by atoms with Gasteiger partial charge in [0.15, 0.2) is 6.10 Å². The lowest BCUT2D eigenvalue weighted by Gasteiger charge is -2.58. The molecule has 0 spiro atoms. The number of alkyl halides is 2. The topological polar surface area (TPSA) is 115 Å². The van der Waals surface area contributed by atoms with E-state index in [9.17, 15) is 23.8 Å². The zero-order valence-corrected chi connectivity index (χ0v) is 31.5. The van der Waals surface area contributed by atoms with Crippen molar-refractivity contribution in [3.63, 3.8) is 0 Å². The molecular weight excluding hydrogens is 656 g/mol. The minimum atomic E-state index is -3.75. The fourth-order valence-corrected chi connectivity index (χ4v) is 11.2. The van der Waals surface area contributed by atoms with E-state index < -0.39 is 36.7 Å². The number of rotatable bonds is 15. The number of ether oxygens (including phenoxy) is 3. The van der Waals surface area contributed by atoms with E-state index in [4.69, 9.17) is 14.2 Å². The Morgan fingerprint density at radius 2 is 1.88 bits per heavy atom. The summed E-state index contributed by atoms with van der Waals surface area (Å²) in [6, 6.07) is 1.38. The molecule has 11 unspecified atom stereocenters. The van der Waals surface area contributed by atoms with Crippen LogP contribution in [0.3, 0.4) is 0 Å². The number of allylic oxidation sites excluding steroid dienone is 1. The summed E-state index contributed by atoms with van der Waals surface area (Å²) in [5.41, 5.74) is 1.49. The van der Waals surface area contributed by atoms with E-state index in [1.165, 1.54) is 63.9 Å². The molecule has 1 aromatic heterocycles. The molecule has 0 radical (unpaired) electrons. The molecule has 1 aliphatic heterocycles. The smallest absolute Gasteiger partial charge is 0.351 e. The zero-order chi connectivity index (χ0) is 36.6. The van der Waals surface area contributed by atoms with Gasteiger partial charge in [0.05, 0.1) is 32.5 Å². The van der Waals surface area contributed by atoms with Crippen molar-refractivity contribution in [1.29, 1.82) is 0 Å². The lowest BCUT2D eigenvalue weighted by atomic mass is 9.47. The first-order valence-electron chi connectivity index (χ1n) is 19.8. The fraction of sp³-hybridized carbons (Fsp3) is 0.850. The standard InChI is InChI=1S/C40H63F2N3O6/c1-25(2)7-6-8-26(3)30-11-12-31-29-10-9-27-23-28(13-16-38(27,4)32(29)14-17-39(30,31)5)50-22-21-49-20-18-43-34-15-19-45(37(48)44-34)36-40(41,42)35(47)33(24-46)51-36/h9,15,19,25-26,28-33,35-36,46-47H,6-8,10-14,16-18,20-24H2,1-5H3,(H,43,44,48). The van der Waals surface area contributed by atoms with Crippen LogP contribution >= 0.6 is 0 Å². The highest BCUT2D eigenvalue weighted by Gasteiger charge is 2.60. The highest BCUT2D eigenvalue weighted by molar-refractivity contribution is 5.32.